The smallest absolute Gasteiger partial charge is 0.359 e. The minimum atomic E-state index is -1.60. The molecule has 1 aliphatic heterocycles. The largest absolute Gasteiger partial charge is 0.496 e. The quantitative estimate of drug-likeness (QED) is 0.107. The van der Waals surface area contributed by atoms with Crippen molar-refractivity contribution in [3.8, 4) is 28.4 Å². The molecule has 0 spiro atoms. The Morgan fingerprint density at radius 2 is 1.26 bits per heavy atom. The fourth-order valence-corrected chi connectivity index (χ4v) is 12.0. The fourth-order valence-electron chi connectivity index (χ4n) is 11.8. The number of ether oxygens (including phenoxy) is 2. The maximum Gasteiger partial charge on any atom is 0.359 e. The Morgan fingerprint density at radius 3 is 1.76 bits per heavy atom. The summed E-state index contributed by atoms with van der Waals surface area (Å²) >= 11 is 6.39. The Kier molecular flexibility index (Phi) is 16.8. The third-order valence-corrected chi connectivity index (χ3v) is 15.0. The van der Waals surface area contributed by atoms with Crippen molar-refractivity contribution >= 4 is 58.2 Å². The third-order valence-electron chi connectivity index (χ3n) is 14.7. The van der Waals surface area contributed by atoms with Gasteiger partial charge in [-0.2, -0.15) is 5.10 Å². The van der Waals surface area contributed by atoms with Gasteiger partial charge in [0.15, 0.2) is 17.8 Å². The molecule has 20 nitrogen and oxygen atoms in total. The molecule has 5 N–H and O–H groups in total. The van der Waals surface area contributed by atoms with Crippen LogP contribution >= 0.6 is 11.6 Å². The number of hydrogen-bond donors (Lipinski definition) is 5. The van der Waals surface area contributed by atoms with E-state index in [1.165, 1.54) is 14.2 Å². The van der Waals surface area contributed by atoms with Gasteiger partial charge in [-0.15, -0.1) is 0 Å². The molecule has 2 amide bonds. The molecule has 70 heavy (non-hydrogen) atoms. The number of pyridine rings is 1. The van der Waals surface area contributed by atoms with Crippen LogP contribution in [0.5, 0.6) is 11.5 Å². The van der Waals surface area contributed by atoms with Crippen LogP contribution in [0.2, 0.25) is 5.02 Å². The number of rotatable bonds is 15. The maximum atomic E-state index is 16.4. The monoisotopic (exact) mass is 1150 g/mol. The van der Waals surface area contributed by atoms with Gasteiger partial charge in [0.2, 0.25) is 0 Å². The number of aliphatic carboxylic acids is 4. The Hall–Kier alpha value is -4.96. The van der Waals surface area contributed by atoms with Gasteiger partial charge in [-0.05, 0) is 98.2 Å². The molecule has 3 heterocycles. The number of carbonyl (C=O) groups excluding carboxylic acids is 2. The van der Waals surface area contributed by atoms with E-state index in [9.17, 15) is 39.6 Å². The Morgan fingerprint density at radius 1 is 0.729 bits per heavy atom. The topological polar surface area (TPSA) is 254 Å². The molecule has 2 aromatic carbocycles. The second-order valence-corrected chi connectivity index (χ2v) is 19.4. The van der Waals surface area contributed by atoms with E-state index in [1.807, 2.05) is 0 Å². The number of methoxy groups -OCH3 is 2. The van der Waals surface area contributed by atoms with E-state index < -0.39 is 65.3 Å². The first kappa shape index (κ1) is 52.9. The number of aromatic nitrogens is 3. The molecule has 4 aromatic rings. The number of amides is 2. The van der Waals surface area contributed by atoms with Gasteiger partial charge in [0.25, 0.3) is 5.91 Å². The number of hydrogen-bond acceptors (Lipinski definition) is 13. The number of halogens is 1. The number of quaternary nitrogens is 1. The number of carboxylic acid groups (broad SMARTS) is 4. The molecule has 4 saturated carbocycles. The summed E-state index contributed by atoms with van der Waals surface area (Å²) in [4.78, 5) is 90.6. The van der Waals surface area contributed by atoms with Crippen LogP contribution in [0.25, 0.3) is 27.8 Å². The molecular weight excluding hydrogens is 1090 g/mol. The van der Waals surface area contributed by atoms with E-state index in [2.05, 4.69) is 10.3 Å². The second-order valence-electron chi connectivity index (χ2n) is 18.9. The van der Waals surface area contributed by atoms with Crippen LogP contribution in [0.3, 0.4) is 0 Å². The fraction of sp³-hybridized carbons (Fsp3) is 0.500. The van der Waals surface area contributed by atoms with Crippen LogP contribution in [0.1, 0.15) is 42.6 Å². The van der Waals surface area contributed by atoms with Crippen molar-refractivity contribution in [3.63, 3.8) is 0 Å². The molecule has 4 bridgehead atoms. The number of carbonyl (C=O) groups is 6. The zero-order chi connectivity index (χ0) is 49.2. The van der Waals surface area contributed by atoms with Crippen LogP contribution < -0.4 is 14.8 Å². The van der Waals surface area contributed by atoms with Crippen molar-refractivity contribution in [3.05, 3.63) is 65.4 Å². The van der Waals surface area contributed by atoms with Crippen molar-refractivity contribution in [2.75, 3.05) is 92.8 Å². The first-order valence-corrected chi connectivity index (χ1v) is 23.5. The van der Waals surface area contributed by atoms with Crippen molar-refractivity contribution < 1.29 is 100 Å². The standard InChI is InChI=1S/C48H57ClN8O12.Lu/c1-68-39-4-3-5-40(69-2)45(39)38-24-36(52-56(38)37-8-9-50-35-23-33(49)6-7-34(35)37)46(66)51-48(31-19-29-18-30(21-31)22-32(48)20-29)47(67)57(28-44(64)65)16-14-54(26-42(60)61)12-10-53(25-41(58)59)11-13-55(15-17-57)27-43(62)63;/h3-9,23-24,29-32H,10-22,25-28H2,1-2H3,(H4-,51,58,59,60,61,62,63,64,65,66);/p+1/i;1+2. The summed E-state index contributed by atoms with van der Waals surface area (Å²) in [7, 11) is 3.03. The van der Waals surface area contributed by atoms with Crippen LogP contribution in [-0.4, -0.2) is 188 Å². The summed E-state index contributed by atoms with van der Waals surface area (Å²) in [6.45, 7) is -2.19. The molecule has 9 rings (SSSR count). The molecule has 4 aliphatic carbocycles. The number of nitrogens with zero attached hydrogens (tertiary/aromatic N) is 7. The third kappa shape index (κ3) is 11.1. The normalized spacial score (nSPS) is 23.9. The zero-order valence-electron chi connectivity index (χ0n) is 38.8. The van der Waals surface area contributed by atoms with E-state index in [1.54, 1.807) is 74.1 Å². The van der Waals surface area contributed by atoms with Gasteiger partial charge in [0.1, 0.15) is 11.5 Å². The van der Waals surface area contributed by atoms with Gasteiger partial charge >= 0.3 is 29.8 Å². The molecule has 2 aromatic heterocycles. The van der Waals surface area contributed by atoms with Gasteiger partial charge in [-0.25, -0.2) is 18.8 Å². The van der Waals surface area contributed by atoms with E-state index in [-0.39, 0.29) is 113 Å². The number of carboxylic acids is 4. The molecular formula is C48H58ClLuN8O12+. The van der Waals surface area contributed by atoms with Crippen LogP contribution in [0.4, 0.5) is 0 Å². The molecule has 0 atom stereocenters. The number of benzene rings is 2. The minimum absolute atomic E-state index is 0. The average Bonchev–Trinajstić information content (AvgIpc) is 3.74. The molecule has 383 valence electrons. The SMILES string of the molecule is COc1cccc(OC)c1-c1cc(C(=O)NC2(C(=O)[N+]3(CC(=O)O)CCN(CC(=O)O)CCN(CC(=O)O)CCN(CC(=O)O)CC3)C3CC4CC(C3)CC2C4)nn1-c1ccnc2cc(Cl)ccc12.[177Lu]. The number of fused-ring (bicyclic) bond motifs is 1. The van der Waals surface area contributed by atoms with Crippen molar-refractivity contribution in [1.82, 2.24) is 34.8 Å². The van der Waals surface area contributed by atoms with Crippen LogP contribution in [-0.2, 0) is 24.0 Å². The molecule has 0 unspecified atom stereocenters. The molecule has 22 heteroatoms. The Bertz CT molecular complexity index is 2570. The van der Waals surface area contributed by atoms with Crippen LogP contribution in [0.15, 0.2) is 54.7 Å². The van der Waals surface area contributed by atoms with E-state index in [4.69, 9.17) is 26.2 Å². The van der Waals surface area contributed by atoms with E-state index in [0.29, 0.717) is 81.9 Å². The summed E-state index contributed by atoms with van der Waals surface area (Å²) < 4.78 is 12.5. The molecule has 5 aliphatic rings. The van der Waals surface area contributed by atoms with Gasteiger partial charge in [-0.3, -0.25) is 38.9 Å². The molecule has 1 saturated heterocycles. The zero-order valence-corrected chi connectivity index (χ0v) is 41.3. The van der Waals surface area contributed by atoms with E-state index >= 15 is 9.59 Å². The van der Waals surface area contributed by atoms with Crippen molar-refractivity contribution in [1.29, 1.82) is 0 Å². The number of nitrogens with one attached hydrogen (secondary N) is 1. The second kappa shape index (κ2) is 22.2. The molecule has 5 fully saturated rings. The summed E-state index contributed by atoms with van der Waals surface area (Å²) in [6, 6.07) is 13.9. The summed E-state index contributed by atoms with van der Waals surface area (Å²) in [5, 5.41) is 49.8. The summed E-state index contributed by atoms with van der Waals surface area (Å²) in [6.07, 6.45) is 5.06. The van der Waals surface area contributed by atoms with Crippen LogP contribution in [0, 0.1) is 60.5 Å². The van der Waals surface area contributed by atoms with Crippen molar-refractivity contribution in [2.24, 2.45) is 23.7 Å². The Balaban J connectivity index is 0.00000722. The summed E-state index contributed by atoms with van der Waals surface area (Å²) in [5.41, 5.74) is 0.365. The van der Waals surface area contributed by atoms with Crippen molar-refractivity contribution in [2.45, 2.75) is 37.6 Å². The first-order chi connectivity index (χ1) is 33.0. The maximum absolute atomic E-state index is 16.4. The summed E-state index contributed by atoms with van der Waals surface area (Å²) in [5.74, 6) is -5.25. The minimum Gasteiger partial charge on any atom is -0.496 e. The first-order valence-electron chi connectivity index (χ1n) is 23.2. The van der Waals surface area contributed by atoms with Gasteiger partial charge in [0.05, 0.1) is 69.4 Å². The Labute approximate surface area is 438 Å². The van der Waals surface area contributed by atoms with E-state index in [0.717, 1.165) is 6.42 Å². The molecule has 1 radical (unpaired) electrons. The van der Waals surface area contributed by atoms with Gasteiger partial charge < -0.3 is 35.2 Å². The van der Waals surface area contributed by atoms with Gasteiger partial charge in [0, 0.05) is 92.7 Å². The van der Waals surface area contributed by atoms with Gasteiger partial charge in [-0.1, -0.05) is 17.7 Å². The predicted molar refractivity (Wildman–Crippen MR) is 249 cm³/mol. The predicted octanol–water partition coefficient (Wildman–Crippen LogP) is 3.28. The average molecular weight is 1150 g/mol.